The molecule has 1 aromatic rings. The van der Waals surface area contributed by atoms with Crippen LogP contribution in [-0.2, 0) is 9.53 Å². The number of nitrogens with one attached hydrogen (secondary N) is 1. The van der Waals surface area contributed by atoms with Gasteiger partial charge in [-0.25, -0.2) is 4.98 Å². The molecule has 3 heterocycles. The highest BCUT2D eigenvalue weighted by molar-refractivity contribution is 5.92. The minimum atomic E-state index is -0.150. The van der Waals surface area contributed by atoms with Gasteiger partial charge < -0.3 is 15.0 Å². The van der Waals surface area contributed by atoms with Gasteiger partial charge in [-0.3, -0.25) is 14.6 Å². The normalized spacial score (nSPS) is 25.5. The minimum Gasteiger partial charge on any atom is -0.381 e. The van der Waals surface area contributed by atoms with Crippen LogP contribution in [0.2, 0.25) is 0 Å². The zero-order chi connectivity index (χ0) is 18.0. The molecule has 3 fully saturated rings. The van der Waals surface area contributed by atoms with Crippen molar-refractivity contribution in [2.75, 3.05) is 26.3 Å². The van der Waals surface area contributed by atoms with Crippen LogP contribution in [0.5, 0.6) is 0 Å². The van der Waals surface area contributed by atoms with Crippen molar-refractivity contribution in [3.05, 3.63) is 24.3 Å². The summed E-state index contributed by atoms with van der Waals surface area (Å²) in [5.74, 6) is 0.275. The number of hydrogen-bond acceptors (Lipinski definition) is 5. The number of aromatic nitrogens is 2. The summed E-state index contributed by atoms with van der Waals surface area (Å²) in [5.41, 5.74) is 0.506. The van der Waals surface area contributed by atoms with Crippen LogP contribution >= 0.6 is 0 Å². The average Bonchev–Trinajstić information content (AvgIpc) is 2.72. The van der Waals surface area contributed by atoms with Crippen LogP contribution in [0.25, 0.3) is 0 Å². The van der Waals surface area contributed by atoms with E-state index in [1.807, 2.05) is 4.90 Å². The van der Waals surface area contributed by atoms with E-state index >= 15 is 0 Å². The van der Waals surface area contributed by atoms with Crippen LogP contribution in [0.4, 0.5) is 0 Å². The number of likely N-dealkylation sites (tertiary alicyclic amines) is 1. The molecule has 1 aromatic heterocycles. The fourth-order valence-electron chi connectivity index (χ4n) is 4.54. The highest BCUT2D eigenvalue weighted by Crippen LogP contribution is 2.49. The molecule has 1 atom stereocenters. The molecule has 140 valence electrons. The van der Waals surface area contributed by atoms with Crippen molar-refractivity contribution in [1.29, 1.82) is 0 Å². The summed E-state index contributed by atoms with van der Waals surface area (Å²) in [6, 6.07) is 0.178. The molecule has 4 rings (SSSR count). The second kappa shape index (κ2) is 7.31. The molecule has 7 heteroatoms. The van der Waals surface area contributed by atoms with Crippen molar-refractivity contribution in [1.82, 2.24) is 20.2 Å². The molecule has 2 saturated heterocycles. The van der Waals surface area contributed by atoms with Crippen LogP contribution < -0.4 is 5.32 Å². The zero-order valence-corrected chi connectivity index (χ0v) is 15.0. The molecular formula is C19H26N4O3. The number of ether oxygens (including phenoxy) is 1. The Bertz CT molecular complexity index is 652. The number of hydrogen-bond donors (Lipinski definition) is 1. The van der Waals surface area contributed by atoms with E-state index in [4.69, 9.17) is 4.74 Å². The first-order valence-corrected chi connectivity index (χ1v) is 9.61. The van der Waals surface area contributed by atoms with Crippen LogP contribution in [0.3, 0.4) is 0 Å². The standard InChI is InChI=1S/C19H26N4O3/c24-17(15-13-20-7-8-21-15)22-16-1-4-19(16)5-9-23(10-6-19)18(25)14-2-11-26-12-3-14/h7-8,13-14,16H,1-6,9-12H2,(H,22,24). The molecule has 26 heavy (non-hydrogen) atoms. The maximum atomic E-state index is 12.7. The van der Waals surface area contributed by atoms with E-state index in [-0.39, 0.29) is 23.3 Å². The molecule has 0 bridgehead atoms. The first-order chi connectivity index (χ1) is 12.7. The smallest absolute Gasteiger partial charge is 0.271 e. The lowest BCUT2D eigenvalue weighted by Gasteiger charge is -2.54. The van der Waals surface area contributed by atoms with Gasteiger partial charge in [0, 0.05) is 50.7 Å². The maximum Gasteiger partial charge on any atom is 0.271 e. The fourth-order valence-corrected chi connectivity index (χ4v) is 4.54. The summed E-state index contributed by atoms with van der Waals surface area (Å²) in [7, 11) is 0. The Morgan fingerprint density at radius 3 is 2.50 bits per heavy atom. The lowest BCUT2D eigenvalue weighted by Crippen LogP contribution is -2.60. The predicted molar refractivity (Wildman–Crippen MR) is 94.3 cm³/mol. The second-order valence-corrected chi connectivity index (χ2v) is 7.73. The molecule has 1 saturated carbocycles. The van der Waals surface area contributed by atoms with Gasteiger partial charge in [0.2, 0.25) is 5.91 Å². The van der Waals surface area contributed by atoms with Gasteiger partial charge in [0.1, 0.15) is 5.69 Å². The van der Waals surface area contributed by atoms with E-state index in [9.17, 15) is 9.59 Å². The third-order valence-electron chi connectivity index (χ3n) is 6.41. The molecule has 2 aliphatic heterocycles. The largest absolute Gasteiger partial charge is 0.381 e. The van der Waals surface area contributed by atoms with Crippen molar-refractivity contribution in [3.8, 4) is 0 Å². The average molecular weight is 358 g/mol. The molecule has 1 N–H and O–H groups in total. The van der Waals surface area contributed by atoms with E-state index in [0.29, 0.717) is 24.8 Å². The lowest BCUT2D eigenvalue weighted by molar-refractivity contribution is -0.142. The molecule has 1 unspecified atom stereocenters. The van der Waals surface area contributed by atoms with Gasteiger partial charge in [-0.05, 0) is 43.9 Å². The van der Waals surface area contributed by atoms with Gasteiger partial charge in [0.25, 0.3) is 5.91 Å². The van der Waals surface area contributed by atoms with E-state index in [1.165, 1.54) is 12.4 Å². The van der Waals surface area contributed by atoms with Crippen molar-refractivity contribution >= 4 is 11.8 Å². The van der Waals surface area contributed by atoms with Gasteiger partial charge in [-0.2, -0.15) is 0 Å². The van der Waals surface area contributed by atoms with Crippen LogP contribution in [-0.4, -0.2) is 59.0 Å². The molecule has 3 aliphatic rings. The molecule has 0 radical (unpaired) electrons. The molecule has 1 spiro atoms. The Hall–Kier alpha value is -2.02. The number of nitrogens with zero attached hydrogens (tertiary/aromatic N) is 3. The molecule has 1 aliphatic carbocycles. The summed E-state index contributed by atoms with van der Waals surface area (Å²) in [4.78, 5) is 35.1. The Labute approximate surface area is 153 Å². The Kier molecular flexibility index (Phi) is 4.89. The molecule has 0 aromatic carbocycles. The number of carbonyl (C=O) groups excluding carboxylic acids is 2. The van der Waals surface area contributed by atoms with E-state index in [2.05, 4.69) is 15.3 Å². The van der Waals surface area contributed by atoms with Crippen molar-refractivity contribution in [3.63, 3.8) is 0 Å². The first kappa shape index (κ1) is 17.4. The summed E-state index contributed by atoms with van der Waals surface area (Å²) >= 11 is 0. The van der Waals surface area contributed by atoms with Gasteiger partial charge in [-0.1, -0.05) is 0 Å². The number of rotatable bonds is 3. The first-order valence-electron chi connectivity index (χ1n) is 9.61. The Morgan fingerprint density at radius 1 is 1.12 bits per heavy atom. The summed E-state index contributed by atoms with van der Waals surface area (Å²) in [5, 5.41) is 3.14. The number of carbonyl (C=O) groups is 2. The predicted octanol–water partition coefficient (Wildman–Crippen LogP) is 1.40. The maximum absolute atomic E-state index is 12.7. The van der Waals surface area contributed by atoms with Crippen molar-refractivity contribution in [2.24, 2.45) is 11.3 Å². The quantitative estimate of drug-likeness (QED) is 0.883. The number of piperidine rings is 1. The van der Waals surface area contributed by atoms with Crippen molar-refractivity contribution in [2.45, 2.75) is 44.6 Å². The van der Waals surface area contributed by atoms with E-state index in [1.54, 1.807) is 6.20 Å². The van der Waals surface area contributed by atoms with Crippen LogP contribution in [0.15, 0.2) is 18.6 Å². The van der Waals surface area contributed by atoms with E-state index in [0.717, 1.165) is 51.6 Å². The monoisotopic (exact) mass is 358 g/mol. The number of amides is 2. The van der Waals surface area contributed by atoms with Gasteiger partial charge in [-0.15, -0.1) is 0 Å². The van der Waals surface area contributed by atoms with E-state index < -0.39 is 0 Å². The summed E-state index contributed by atoms with van der Waals surface area (Å²) in [6.45, 7) is 3.00. The highest BCUT2D eigenvalue weighted by atomic mass is 16.5. The third kappa shape index (κ3) is 3.32. The van der Waals surface area contributed by atoms with Crippen LogP contribution in [0.1, 0.15) is 49.0 Å². The molecular weight excluding hydrogens is 332 g/mol. The zero-order valence-electron chi connectivity index (χ0n) is 15.0. The fraction of sp³-hybridized carbons (Fsp3) is 0.684. The SMILES string of the molecule is O=C(NC1CCC12CCN(C(=O)C1CCOCC1)CC2)c1cnccn1. The topological polar surface area (TPSA) is 84.4 Å². The minimum absolute atomic E-state index is 0.131. The van der Waals surface area contributed by atoms with Crippen molar-refractivity contribution < 1.29 is 14.3 Å². The Balaban J connectivity index is 1.32. The van der Waals surface area contributed by atoms with Crippen LogP contribution in [0, 0.1) is 11.3 Å². The Morgan fingerprint density at radius 2 is 1.88 bits per heavy atom. The summed E-state index contributed by atoms with van der Waals surface area (Å²) in [6.07, 6.45) is 10.3. The van der Waals surface area contributed by atoms with Gasteiger partial charge in [0.15, 0.2) is 0 Å². The molecule has 7 nitrogen and oxygen atoms in total. The lowest BCUT2D eigenvalue weighted by atomic mass is 9.59. The molecule has 2 amide bonds. The summed E-state index contributed by atoms with van der Waals surface area (Å²) < 4.78 is 5.36. The third-order valence-corrected chi connectivity index (χ3v) is 6.41. The van der Waals surface area contributed by atoms with Gasteiger partial charge >= 0.3 is 0 Å². The second-order valence-electron chi connectivity index (χ2n) is 7.73. The highest BCUT2D eigenvalue weighted by Gasteiger charge is 2.49. The van der Waals surface area contributed by atoms with Gasteiger partial charge in [0.05, 0.1) is 6.20 Å².